The number of thioether (sulfide) groups is 2. The predicted octanol–water partition coefficient (Wildman–Crippen LogP) is 5.28. The van der Waals surface area contributed by atoms with E-state index in [1.165, 1.54) is 67.9 Å². The molecule has 0 spiro atoms. The number of hydrogen-bond donors (Lipinski definition) is 6. The number of carboxylic acid groups (broad SMARTS) is 3. The third kappa shape index (κ3) is 17.8. The molecule has 31 nitrogen and oxygen atoms in total. The summed E-state index contributed by atoms with van der Waals surface area (Å²) in [6.45, 7) is 4.86. The fraction of sp³-hybridized carbons (Fsp3) is 0.373. The third-order valence-electron chi connectivity index (χ3n) is 19.8. The van der Waals surface area contributed by atoms with Gasteiger partial charge in [-0.25, -0.2) is 28.1 Å². The van der Waals surface area contributed by atoms with Gasteiger partial charge in [0.05, 0.1) is 69.9 Å². The number of nitrogen functional groups attached to an aromatic ring is 2. The number of ketones is 2. The lowest BCUT2D eigenvalue weighted by Crippen LogP contribution is -2.63. The van der Waals surface area contributed by atoms with Crippen LogP contribution < -0.4 is 47.6 Å². The smallest absolute Gasteiger partial charge is 0.350 e. The summed E-state index contributed by atoms with van der Waals surface area (Å²) in [6.07, 6.45) is 15.4. The fourth-order valence-electron chi connectivity index (χ4n) is 13.9. The number of carbonyl (C=O) groups excluding carboxylic acids is 6. The Labute approximate surface area is 666 Å². The van der Waals surface area contributed by atoms with Gasteiger partial charge in [0.25, 0.3) is 0 Å². The van der Waals surface area contributed by atoms with E-state index >= 15 is 8.78 Å². The van der Waals surface area contributed by atoms with Crippen LogP contribution in [0.1, 0.15) is 113 Å². The van der Waals surface area contributed by atoms with E-state index < -0.39 is 93.2 Å². The van der Waals surface area contributed by atoms with Crippen molar-refractivity contribution >= 4 is 154 Å². The van der Waals surface area contributed by atoms with Crippen molar-refractivity contribution in [1.29, 1.82) is 0 Å². The molecule has 2 aromatic carbocycles. The number of amidine groups is 2. The Morgan fingerprint density at radius 1 is 0.717 bits per heavy atom. The molecule has 3 saturated heterocycles. The van der Waals surface area contributed by atoms with Crippen molar-refractivity contribution in [2.75, 3.05) is 43.2 Å². The Bertz CT molecular complexity index is 5260. The highest BCUT2D eigenvalue weighted by Gasteiger charge is 2.55. The van der Waals surface area contributed by atoms with Crippen molar-refractivity contribution in [2.45, 2.75) is 134 Å². The van der Waals surface area contributed by atoms with Crippen LogP contribution in [0, 0.1) is 23.5 Å². The van der Waals surface area contributed by atoms with E-state index in [9.17, 15) is 48.9 Å². The molecule has 4 fully saturated rings. The lowest BCUT2D eigenvalue weighted by molar-refractivity contribution is -0.687. The van der Waals surface area contributed by atoms with Gasteiger partial charge in [0, 0.05) is 93.7 Å². The van der Waals surface area contributed by atoms with Gasteiger partial charge < -0.3 is 81.6 Å². The SMILES string of the molecule is C.CC(C)(O/N=C(\C(=O)C[C@@H]1C(=O)N2C(C(=O)[O-])=C(C[n+]3cccc4c3ccn4Cc3ccc(C(N)=NOC4CCNCC4)cc3F)CS[C@H]12)c1nc(N)sc1Cl)C(=O)O.CO/N=C(\C(=O)C[C@@H]1C(=O)N2C(C(=O)[O-])=C(C[n+]3ccc4c(ccn4Cc4ccc(C(N)=NOC5CCCCC5)cc4F)c3)CS[C@H]12)c1csc(N)n1. The molecule has 0 unspecified atom stereocenters. The van der Waals surface area contributed by atoms with Crippen molar-refractivity contribution < 1.29 is 86.1 Å². The van der Waals surface area contributed by atoms with E-state index in [1.807, 2.05) is 54.9 Å². The van der Waals surface area contributed by atoms with E-state index in [2.05, 4.69) is 35.9 Å². The predicted molar refractivity (Wildman–Crippen MR) is 416 cm³/mol. The first kappa shape index (κ1) is 81.6. The number of benzene rings is 2. The van der Waals surface area contributed by atoms with Gasteiger partial charge in [-0.05, 0) is 89.7 Å². The normalized spacial score (nSPS) is 19.2. The molecule has 6 aliphatic rings. The van der Waals surface area contributed by atoms with E-state index in [0.717, 1.165) is 101 Å². The maximum Gasteiger partial charge on any atom is 0.350 e. The Morgan fingerprint density at radius 2 is 1.28 bits per heavy atom. The van der Waals surface area contributed by atoms with E-state index in [0.29, 0.717) is 39.2 Å². The van der Waals surface area contributed by atoms with E-state index in [1.54, 1.807) is 54.3 Å². The highest BCUT2D eigenvalue weighted by Crippen LogP contribution is 2.47. The number of carboxylic acids is 3. The maximum atomic E-state index is 15.4. The minimum atomic E-state index is -1.82. The van der Waals surface area contributed by atoms with Crippen LogP contribution in [0.3, 0.4) is 0 Å². The number of Topliss-reactive ketones (excluding diaryl/α,β-unsaturated/α-hetero) is 2. The molecule has 5 aliphatic heterocycles. The summed E-state index contributed by atoms with van der Waals surface area (Å²) in [4.78, 5) is 122. The first-order chi connectivity index (χ1) is 53.7. The zero-order valence-corrected chi connectivity index (χ0v) is 64.5. The average Bonchev–Trinajstić information content (AvgIpc) is 1.31. The largest absolute Gasteiger partial charge is 0.543 e. The number of piperidine rings is 1. The monoisotopic (exact) mass is 1640 g/mol. The van der Waals surface area contributed by atoms with Crippen LogP contribution in [0.5, 0.6) is 0 Å². The molecule has 8 aromatic rings. The molecular formula is C75H80ClF2N17O14S4. The minimum Gasteiger partial charge on any atom is -0.543 e. The van der Waals surface area contributed by atoms with Crippen LogP contribution in [-0.4, -0.2) is 159 Å². The van der Waals surface area contributed by atoms with Gasteiger partial charge in [0.1, 0.15) is 52.2 Å². The quantitative estimate of drug-likeness (QED) is 0.0119. The summed E-state index contributed by atoms with van der Waals surface area (Å²) < 4.78 is 38.1. The van der Waals surface area contributed by atoms with Crippen LogP contribution in [0.4, 0.5) is 19.0 Å². The number of halogens is 3. The average molecular weight is 1650 g/mol. The molecule has 14 rings (SSSR count). The first-order valence-corrected chi connectivity index (χ1v) is 39.7. The Balaban J connectivity index is 0.000000209. The lowest BCUT2D eigenvalue weighted by Gasteiger charge is -2.50. The standard InChI is InChI=1S/C38H39ClFN9O8S2.C36H37FN8O6S2.CH4/c1-38(2,36(54)55)57-45-28(29-31(39)59-37(42)44-29)27(50)15-23-33(51)49-30(35(52)53)21(18-58-34(23)49)17-47-12-3-4-25-26(47)9-13-48(25)16-20-6-5-19(14-24(20)40)32(41)46-56-22-7-10-43-11-8-22;1-50-41-30(27-19-53-36(39)40-27)29(46)14-25-33(47)45-31(35(48)49)23(18-52-34(25)45)16-43-11-10-28-22(15-43)9-12-44(28)17-21-8-7-20(13-26(21)37)32(38)42-51-24-5-3-2-4-6-24;/h3-6,9,12-14,22-23,34,43H,7-8,10-11,15-18H2,1-2H3,(H5-,41,42,44,46,52,53,54,55);7-13,15,19,24-25,34H,2-6,14,16-18H2,1H3,(H4-,38,39,40,42,48,49);1H4/b45-28+;41-30-;/t23-,34-;25-,34-;/m11./s1. The second-order valence-electron chi connectivity index (χ2n) is 27.7. The zero-order valence-electron chi connectivity index (χ0n) is 60.5. The summed E-state index contributed by atoms with van der Waals surface area (Å²) in [5.74, 6) is -8.54. The van der Waals surface area contributed by atoms with Gasteiger partial charge in [-0.3, -0.25) is 29.0 Å². The number of thiazole rings is 2. The van der Waals surface area contributed by atoms with Crippen molar-refractivity contribution in [2.24, 2.45) is 43.9 Å². The number of oxime groups is 4. The molecule has 4 atom stereocenters. The number of anilines is 2. The summed E-state index contributed by atoms with van der Waals surface area (Å²) in [5, 5.41) is 54.9. The number of nitrogens with one attached hydrogen (secondary N) is 1. The molecule has 2 amide bonds. The molecule has 0 radical (unpaired) electrons. The number of carbonyl (C=O) groups is 7. The summed E-state index contributed by atoms with van der Waals surface area (Å²) >= 11 is 10.9. The van der Waals surface area contributed by atoms with Gasteiger partial charge in [-0.15, -0.1) is 34.9 Å². The second-order valence-corrected chi connectivity index (χ2v) is 32.5. The van der Waals surface area contributed by atoms with Crippen LogP contribution in [0.25, 0.3) is 21.9 Å². The number of rotatable bonds is 28. The number of aromatic nitrogens is 6. The zero-order chi connectivity index (χ0) is 79.4. The van der Waals surface area contributed by atoms with Gasteiger partial charge in [-0.1, -0.05) is 81.7 Å². The number of fused-ring (bicyclic) bond motifs is 4. The van der Waals surface area contributed by atoms with Crippen molar-refractivity contribution in [3.8, 4) is 0 Å². The van der Waals surface area contributed by atoms with Gasteiger partial charge in [0.15, 0.2) is 76.6 Å². The van der Waals surface area contributed by atoms with Gasteiger partial charge in [-0.2, -0.15) is 4.57 Å². The number of aliphatic carboxylic acids is 3. The van der Waals surface area contributed by atoms with Crippen LogP contribution >= 0.6 is 57.8 Å². The Morgan fingerprint density at radius 3 is 1.82 bits per heavy atom. The van der Waals surface area contributed by atoms with E-state index in [-0.39, 0.29) is 113 Å². The maximum absolute atomic E-state index is 15.4. The van der Waals surface area contributed by atoms with E-state index in [4.69, 9.17) is 53.9 Å². The molecule has 594 valence electrons. The number of pyridine rings is 2. The molecule has 6 aromatic heterocycles. The van der Waals surface area contributed by atoms with Gasteiger partial charge >= 0.3 is 5.97 Å². The molecule has 11 heterocycles. The minimum absolute atomic E-state index is 0. The highest BCUT2D eigenvalue weighted by atomic mass is 35.5. The summed E-state index contributed by atoms with van der Waals surface area (Å²) in [5.41, 5.74) is 26.0. The Kier molecular flexibility index (Phi) is 25.3. The van der Waals surface area contributed by atoms with Crippen LogP contribution in [0.15, 0.2) is 146 Å². The second kappa shape index (κ2) is 35.0. The van der Waals surface area contributed by atoms with Gasteiger partial charge in [0.2, 0.25) is 22.9 Å². The van der Waals surface area contributed by atoms with Crippen LogP contribution in [-0.2, 0) is 79.1 Å². The van der Waals surface area contributed by atoms with Crippen molar-refractivity contribution in [1.82, 2.24) is 34.2 Å². The third-order valence-corrected chi connectivity index (χ3v) is 24.4. The molecule has 1 aliphatic carbocycles. The molecule has 0 bridgehead atoms. The lowest BCUT2D eigenvalue weighted by atomic mass is 9.89. The molecule has 10 N–H and O–H groups in total. The number of amides is 2. The van der Waals surface area contributed by atoms with Crippen molar-refractivity contribution in [3.63, 3.8) is 0 Å². The Hall–Kier alpha value is -10.9. The fourth-order valence-corrected chi connectivity index (χ4v) is 18.2. The number of β-lactam (4-membered cyclic amide) rings is 2. The first-order valence-electron chi connectivity index (χ1n) is 35.5. The van der Waals surface area contributed by atoms with Crippen LogP contribution in [0.2, 0.25) is 4.34 Å². The summed E-state index contributed by atoms with van der Waals surface area (Å²) in [6, 6.07) is 18.7. The van der Waals surface area contributed by atoms with Crippen molar-refractivity contribution in [3.05, 3.63) is 175 Å². The summed E-state index contributed by atoms with van der Waals surface area (Å²) in [7, 11) is 1.30. The molecule has 38 heteroatoms. The molecular weight excluding hydrogens is 1560 g/mol. The molecule has 113 heavy (non-hydrogen) atoms. The number of nitrogens with zero attached hydrogens (tertiary/aromatic N) is 12. The molecule has 1 saturated carbocycles. The number of hydrogen-bond acceptors (Lipinski definition) is 26. The highest BCUT2D eigenvalue weighted by molar-refractivity contribution is 8.00. The number of nitrogens with two attached hydrogens (primary N) is 4. The topological polar surface area (TPSA) is 438 Å².